The fraction of sp³-hybridized carbons (Fsp3) is 0.267. The lowest BCUT2D eigenvalue weighted by atomic mass is 10.1. The van der Waals surface area contributed by atoms with Crippen LogP contribution in [0.4, 0.5) is 9.18 Å². The lowest BCUT2D eigenvalue weighted by Gasteiger charge is -2.06. The van der Waals surface area contributed by atoms with Gasteiger partial charge >= 0.3 is 6.03 Å². The van der Waals surface area contributed by atoms with Crippen molar-refractivity contribution in [3.8, 4) is 0 Å². The third-order valence-electron chi connectivity index (χ3n) is 3.39. The molecule has 0 spiro atoms. The van der Waals surface area contributed by atoms with E-state index in [-0.39, 0.29) is 23.8 Å². The average molecular weight is 274 g/mol. The Morgan fingerprint density at radius 3 is 3.00 bits per heavy atom. The molecule has 0 saturated heterocycles. The topological polar surface area (TPSA) is 54.3 Å². The normalized spacial score (nSPS) is 20.4. The fourth-order valence-corrected chi connectivity index (χ4v) is 2.26. The van der Waals surface area contributed by atoms with Gasteiger partial charge < -0.3 is 15.1 Å². The Balaban J connectivity index is 1.47. The summed E-state index contributed by atoms with van der Waals surface area (Å²) in [4.78, 5) is 11.7. The number of hydrogen-bond donors (Lipinski definition) is 2. The molecule has 1 aromatic carbocycles. The first-order chi connectivity index (χ1) is 9.72. The van der Waals surface area contributed by atoms with E-state index in [2.05, 4.69) is 10.6 Å². The van der Waals surface area contributed by atoms with E-state index in [1.807, 2.05) is 6.07 Å². The van der Waals surface area contributed by atoms with E-state index in [1.54, 1.807) is 24.5 Å². The Labute approximate surface area is 116 Å². The Morgan fingerprint density at radius 1 is 1.35 bits per heavy atom. The molecule has 2 aromatic rings. The second-order valence-corrected chi connectivity index (χ2v) is 4.91. The molecule has 1 saturated carbocycles. The van der Waals surface area contributed by atoms with Crippen LogP contribution in [0.25, 0.3) is 0 Å². The molecule has 0 aliphatic heterocycles. The molecule has 4 nitrogen and oxygen atoms in total. The maximum atomic E-state index is 13.1. The summed E-state index contributed by atoms with van der Waals surface area (Å²) in [7, 11) is 0. The average Bonchev–Trinajstić information content (AvgIpc) is 2.99. The second-order valence-electron chi connectivity index (χ2n) is 4.91. The fourth-order valence-electron chi connectivity index (χ4n) is 2.26. The smallest absolute Gasteiger partial charge is 0.315 e. The van der Waals surface area contributed by atoms with E-state index in [4.69, 9.17) is 4.42 Å². The van der Waals surface area contributed by atoms with Crippen molar-refractivity contribution in [1.82, 2.24) is 10.6 Å². The van der Waals surface area contributed by atoms with E-state index in [9.17, 15) is 9.18 Å². The number of benzene rings is 1. The molecule has 5 heteroatoms. The monoisotopic (exact) mass is 274 g/mol. The first-order valence-corrected chi connectivity index (χ1v) is 6.54. The standard InChI is InChI=1S/C15H15FN2O2/c16-11-4-1-3-10(7-11)13-8-14(13)18-15(19)17-9-12-5-2-6-20-12/h1-7,13-14H,8-9H2,(H2,17,18,19)/t13-,14-/m0/s1. The number of carbonyl (C=O) groups excluding carboxylic acids is 1. The highest BCUT2D eigenvalue weighted by molar-refractivity contribution is 5.74. The summed E-state index contributed by atoms with van der Waals surface area (Å²) in [6.45, 7) is 0.357. The van der Waals surface area contributed by atoms with Crippen molar-refractivity contribution in [1.29, 1.82) is 0 Å². The molecule has 1 aromatic heterocycles. The van der Waals surface area contributed by atoms with Gasteiger partial charge in [-0.15, -0.1) is 0 Å². The zero-order chi connectivity index (χ0) is 13.9. The minimum Gasteiger partial charge on any atom is -0.467 e. The van der Waals surface area contributed by atoms with Gasteiger partial charge in [-0.25, -0.2) is 9.18 Å². The molecular formula is C15H15FN2O2. The van der Waals surface area contributed by atoms with Crippen molar-refractivity contribution >= 4 is 6.03 Å². The van der Waals surface area contributed by atoms with Crippen LogP contribution in [0.3, 0.4) is 0 Å². The van der Waals surface area contributed by atoms with Crippen LogP contribution in [0.1, 0.15) is 23.7 Å². The second kappa shape index (κ2) is 5.36. The predicted molar refractivity (Wildman–Crippen MR) is 71.6 cm³/mol. The lowest BCUT2D eigenvalue weighted by molar-refractivity contribution is 0.239. The predicted octanol–water partition coefficient (Wildman–Crippen LogP) is 2.77. The number of carbonyl (C=O) groups is 1. The molecular weight excluding hydrogens is 259 g/mol. The molecule has 104 valence electrons. The quantitative estimate of drug-likeness (QED) is 0.900. The van der Waals surface area contributed by atoms with Crippen LogP contribution in [0.15, 0.2) is 47.1 Å². The lowest BCUT2D eigenvalue weighted by Crippen LogP contribution is -2.36. The van der Waals surface area contributed by atoms with E-state index in [0.29, 0.717) is 12.3 Å². The number of halogens is 1. The zero-order valence-corrected chi connectivity index (χ0v) is 10.8. The number of furan rings is 1. The molecule has 1 fully saturated rings. The van der Waals surface area contributed by atoms with Crippen molar-refractivity contribution in [2.75, 3.05) is 0 Å². The molecule has 0 radical (unpaired) electrons. The summed E-state index contributed by atoms with van der Waals surface area (Å²) >= 11 is 0. The van der Waals surface area contributed by atoms with Gasteiger partial charge in [-0.3, -0.25) is 0 Å². The van der Waals surface area contributed by atoms with E-state index >= 15 is 0 Å². The van der Waals surface area contributed by atoms with E-state index in [1.165, 1.54) is 12.1 Å². The summed E-state index contributed by atoms with van der Waals surface area (Å²) < 4.78 is 18.2. The molecule has 2 amide bonds. The third-order valence-corrected chi connectivity index (χ3v) is 3.39. The third kappa shape index (κ3) is 2.99. The largest absolute Gasteiger partial charge is 0.467 e. The Morgan fingerprint density at radius 2 is 2.25 bits per heavy atom. The van der Waals surface area contributed by atoms with Crippen LogP contribution in [-0.2, 0) is 6.54 Å². The zero-order valence-electron chi connectivity index (χ0n) is 10.8. The van der Waals surface area contributed by atoms with Crippen LogP contribution >= 0.6 is 0 Å². The molecule has 2 atom stereocenters. The number of rotatable bonds is 4. The van der Waals surface area contributed by atoms with Gasteiger partial charge in [-0.1, -0.05) is 12.1 Å². The van der Waals surface area contributed by atoms with Crippen LogP contribution in [0.2, 0.25) is 0 Å². The Kier molecular flexibility index (Phi) is 3.41. The minimum absolute atomic E-state index is 0.0772. The summed E-state index contributed by atoms with van der Waals surface area (Å²) in [6.07, 6.45) is 2.41. The van der Waals surface area contributed by atoms with E-state index < -0.39 is 0 Å². The maximum Gasteiger partial charge on any atom is 0.315 e. The van der Waals surface area contributed by atoms with Gasteiger partial charge in [0.15, 0.2) is 0 Å². The molecule has 1 heterocycles. The number of hydrogen-bond acceptors (Lipinski definition) is 2. The number of amides is 2. The van der Waals surface area contributed by atoms with Gasteiger partial charge in [0.1, 0.15) is 11.6 Å². The van der Waals surface area contributed by atoms with Crippen LogP contribution in [-0.4, -0.2) is 12.1 Å². The van der Waals surface area contributed by atoms with Crippen molar-refractivity contribution in [2.24, 2.45) is 0 Å². The highest BCUT2D eigenvalue weighted by atomic mass is 19.1. The van der Waals surface area contributed by atoms with Gasteiger partial charge in [0.25, 0.3) is 0 Å². The van der Waals surface area contributed by atoms with Crippen LogP contribution in [0, 0.1) is 5.82 Å². The molecule has 1 aliphatic rings. The van der Waals surface area contributed by atoms with Gasteiger partial charge in [-0.05, 0) is 36.2 Å². The first kappa shape index (κ1) is 12.7. The molecule has 1 aliphatic carbocycles. The summed E-state index contributed by atoms with van der Waals surface area (Å²) in [5.74, 6) is 0.674. The highest BCUT2D eigenvalue weighted by Crippen LogP contribution is 2.40. The summed E-state index contributed by atoms with van der Waals surface area (Å²) in [5, 5.41) is 5.59. The first-order valence-electron chi connectivity index (χ1n) is 6.54. The van der Waals surface area contributed by atoms with Gasteiger partial charge in [0.2, 0.25) is 0 Å². The van der Waals surface area contributed by atoms with Gasteiger partial charge in [0.05, 0.1) is 12.8 Å². The molecule has 3 rings (SSSR count). The molecule has 20 heavy (non-hydrogen) atoms. The minimum atomic E-state index is -0.240. The maximum absolute atomic E-state index is 13.1. The number of urea groups is 1. The highest BCUT2D eigenvalue weighted by Gasteiger charge is 2.39. The van der Waals surface area contributed by atoms with Crippen LogP contribution in [0.5, 0.6) is 0 Å². The van der Waals surface area contributed by atoms with Gasteiger partial charge in [-0.2, -0.15) is 0 Å². The van der Waals surface area contributed by atoms with Gasteiger partial charge in [0, 0.05) is 12.0 Å². The van der Waals surface area contributed by atoms with Crippen LogP contribution < -0.4 is 10.6 Å². The molecule has 0 bridgehead atoms. The summed E-state index contributed by atoms with van der Waals surface area (Å²) in [5.41, 5.74) is 0.932. The Bertz CT molecular complexity index is 598. The SMILES string of the molecule is O=C(NCc1ccco1)N[C@H]1C[C@H]1c1cccc(F)c1. The molecule has 0 unspecified atom stereocenters. The van der Waals surface area contributed by atoms with Crippen molar-refractivity contribution in [3.63, 3.8) is 0 Å². The van der Waals surface area contributed by atoms with Crippen molar-refractivity contribution < 1.29 is 13.6 Å². The van der Waals surface area contributed by atoms with Crippen molar-refractivity contribution in [2.45, 2.75) is 24.9 Å². The van der Waals surface area contributed by atoms with Crippen molar-refractivity contribution in [3.05, 3.63) is 59.8 Å². The summed E-state index contributed by atoms with van der Waals surface area (Å²) in [6, 6.07) is 9.94. The Hall–Kier alpha value is -2.30. The number of nitrogens with one attached hydrogen (secondary N) is 2. The van der Waals surface area contributed by atoms with E-state index in [0.717, 1.165) is 12.0 Å². The molecule has 2 N–H and O–H groups in total.